The van der Waals surface area contributed by atoms with Crippen LogP contribution in [0.15, 0.2) is 76.6 Å². The maximum Gasteiger partial charge on any atom is 0.163 e. The maximum atomic E-state index is 13.4. The number of anilines is 2. The van der Waals surface area contributed by atoms with Crippen molar-refractivity contribution in [3.8, 4) is 0 Å². The predicted molar refractivity (Wildman–Crippen MR) is 116 cm³/mol. The molecule has 1 aliphatic heterocycles. The molecular formula is C23H19ClN2OS. The van der Waals surface area contributed by atoms with Crippen molar-refractivity contribution in [2.24, 2.45) is 0 Å². The lowest BCUT2D eigenvalue weighted by Crippen LogP contribution is -2.26. The Morgan fingerprint density at radius 3 is 2.54 bits per heavy atom. The zero-order valence-corrected chi connectivity index (χ0v) is 16.7. The molecule has 5 rings (SSSR count). The van der Waals surface area contributed by atoms with Crippen LogP contribution in [0.5, 0.6) is 0 Å². The van der Waals surface area contributed by atoms with Crippen molar-refractivity contribution in [1.82, 2.24) is 0 Å². The largest absolute Gasteiger partial charge is 0.372 e. The Morgan fingerprint density at radius 2 is 1.75 bits per heavy atom. The minimum Gasteiger partial charge on any atom is -0.372 e. The molecule has 2 aromatic carbocycles. The van der Waals surface area contributed by atoms with Gasteiger partial charge in [0, 0.05) is 22.7 Å². The van der Waals surface area contributed by atoms with Gasteiger partial charge in [-0.25, -0.2) is 0 Å². The fourth-order valence-electron chi connectivity index (χ4n) is 4.21. The monoisotopic (exact) mass is 406 g/mol. The molecule has 140 valence electrons. The highest BCUT2D eigenvalue weighted by Crippen LogP contribution is 2.45. The summed E-state index contributed by atoms with van der Waals surface area (Å²) in [6, 6.07) is 17.9. The number of para-hydroxylation sites is 2. The molecule has 2 heterocycles. The SMILES string of the molecule is O=C1C[C@@H](c2ccccc2Cl)CC2=C1[C@@H](c1ccsc1)Nc1ccccc1N2. The molecule has 0 bridgehead atoms. The topological polar surface area (TPSA) is 41.1 Å². The Kier molecular flexibility index (Phi) is 4.46. The van der Waals surface area contributed by atoms with Gasteiger partial charge in [-0.1, -0.05) is 41.9 Å². The van der Waals surface area contributed by atoms with Gasteiger partial charge in [0.2, 0.25) is 0 Å². The van der Waals surface area contributed by atoms with E-state index in [0.717, 1.165) is 45.2 Å². The van der Waals surface area contributed by atoms with Gasteiger partial charge in [0.05, 0.1) is 17.4 Å². The smallest absolute Gasteiger partial charge is 0.163 e. The van der Waals surface area contributed by atoms with Crippen LogP contribution >= 0.6 is 22.9 Å². The van der Waals surface area contributed by atoms with Crippen LogP contribution < -0.4 is 10.6 Å². The van der Waals surface area contributed by atoms with Crippen LogP contribution in [0.25, 0.3) is 0 Å². The maximum absolute atomic E-state index is 13.4. The molecule has 28 heavy (non-hydrogen) atoms. The average molecular weight is 407 g/mol. The first kappa shape index (κ1) is 17.5. The first-order valence-electron chi connectivity index (χ1n) is 9.36. The zero-order valence-electron chi connectivity index (χ0n) is 15.1. The number of allylic oxidation sites excluding steroid dienone is 1. The van der Waals surface area contributed by atoms with Gasteiger partial charge >= 0.3 is 0 Å². The van der Waals surface area contributed by atoms with Gasteiger partial charge in [-0.15, -0.1) is 0 Å². The predicted octanol–water partition coefficient (Wildman–Crippen LogP) is 6.38. The Morgan fingerprint density at radius 1 is 0.964 bits per heavy atom. The molecule has 0 radical (unpaired) electrons. The Balaban J connectivity index is 1.62. The molecule has 0 saturated heterocycles. The highest BCUT2D eigenvalue weighted by molar-refractivity contribution is 7.08. The second kappa shape index (κ2) is 7.12. The van der Waals surface area contributed by atoms with Crippen LogP contribution in [-0.4, -0.2) is 5.78 Å². The molecule has 5 heteroatoms. The Hall–Kier alpha value is -2.56. The van der Waals surface area contributed by atoms with Crippen molar-refractivity contribution in [3.05, 3.63) is 92.8 Å². The number of carbonyl (C=O) groups is 1. The van der Waals surface area contributed by atoms with Crippen molar-refractivity contribution < 1.29 is 4.79 Å². The summed E-state index contributed by atoms with van der Waals surface area (Å²) in [6.07, 6.45) is 1.24. The fourth-order valence-corrected chi connectivity index (χ4v) is 5.18. The molecule has 0 unspecified atom stereocenters. The number of carbonyl (C=O) groups excluding carboxylic acids is 1. The van der Waals surface area contributed by atoms with Crippen LogP contribution in [0.2, 0.25) is 5.02 Å². The second-order valence-electron chi connectivity index (χ2n) is 7.25. The van der Waals surface area contributed by atoms with Crippen molar-refractivity contribution in [3.63, 3.8) is 0 Å². The number of halogens is 1. The van der Waals surface area contributed by atoms with E-state index in [2.05, 4.69) is 33.5 Å². The van der Waals surface area contributed by atoms with Crippen LogP contribution in [0.3, 0.4) is 0 Å². The summed E-state index contributed by atoms with van der Waals surface area (Å²) >= 11 is 8.09. The number of benzene rings is 2. The standard InChI is InChI=1S/C23H19ClN2OS/c24-17-6-2-1-5-16(17)15-11-20-22(21(27)12-15)23(14-9-10-28-13-14)26-19-8-4-3-7-18(19)25-20/h1-10,13,15,23,25-26H,11-12H2/t15-,23+/m0/s1. The third-order valence-electron chi connectivity index (χ3n) is 5.53. The van der Waals surface area contributed by atoms with E-state index in [1.54, 1.807) is 11.3 Å². The van der Waals surface area contributed by atoms with Crippen LogP contribution in [-0.2, 0) is 4.79 Å². The van der Waals surface area contributed by atoms with Crippen molar-refractivity contribution in [2.45, 2.75) is 24.8 Å². The molecule has 2 N–H and O–H groups in total. The first-order valence-corrected chi connectivity index (χ1v) is 10.7. The van der Waals surface area contributed by atoms with E-state index < -0.39 is 0 Å². The minimum atomic E-state index is -0.142. The summed E-state index contributed by atoms with van der Waals surface area (Å²) in [6.45, 7) is 0. The molecule has 3 nitrogen and oxygen atoms in total. The number of Topliss-reactive ketones (excluding diaryl/α,β-unsaturated/α-hetero) is 1. The van der Waals surface area contributed by atoms with Crippen molar-refractivity contribution in [2.75, 3.05) is 10.6 Å². The molecule has 1 aliphatic carbocycles. The molecule has 0 amide bonds. The van der Waals surface area contributed by atoms with E-state index >= 15 is 0 Å². The lowest BCUT2D eigenvalue weighted by Gasteiger charge is -2.29. The third-order valence-corrected chi connectivity index (χ3v) is 6.58. The number of hydrogen-bond acceptors (Lipinski definition) is 4. The molecule has 2 aliphatic rings. The second-order valence-corrected chi connectivity index (χ2v) is 8.43. The Bertz CT molecular complexity index is 1070. The van der Waals surface area contributed by atoms with Gasteiger partial charge in [-0.05, 0) is 58.5 Å². The van der Waals surface area contributed by atoms with Crippen molar-refractivity contribution >= 4 is 40.1 Å². The minimum absolute atomic E-state index is 0.0841. The highest BCUT2D eigenvalue weighted by atomic mass is 35.5. The number of ketones is 1. The summed E-state index contributed by atoms with van der Waals surface area (Å²) in [5, 5.41) is 12.1. The van der Waals surface area contributed by atoms with E-state index in [1.807, 2.05) is 42.5 Å². The summed E-state index contributed by atoms with van der Waals surface area (Å²) in [5.41, 5.74) is 6.02. The normalized spacial score (nSPS) is 21.2. The number of fused-ring (bicyclic) bond motifs is 1. The highest BCUT2D eigenvalue weighted by Gasteiger charge is 2.36. The molecular weight excluding hydrogens is 388 g/mol. The quantitative estimate of drug-likeness (QED) is 0.518. The lowest BCUT2D eigenvalue weighted by molar-refractivity contribution is -0.116. The van der Waals surface area contributed by atoms with Crippen LogP contribution in [0, 0.1) is 0 Å². The van der Waals surface area contributed by atoms with Gasteiger partial charge in [-0.3, -0.25) is 4.79 Å². The first-order chi connectivity index (χ1) is 13.7. The number of nitrogens with one attached hydrogen (secondary N) is 2. The fraction of sp³-hybridized carbons (Fsp3) is 0.174. The van der Waals surface area contributed by atoms with Gasteiger partial charge in [0.15, 0.2) is 5.78 Å². The lowest BCUT2D eigenvalue weighted by atomic mass is 9.79. The summed E-state index contributed by atoms with van der Waals surface area (Å²) < 4.78 is 0. The molecule has 1 aromatic heterocycles. The molecule has 2 atom stereocenters. The summed E-state index contributed by atoms with van der Waals surface area (Å²) in [7, 11) is 0. The summed E-state index contributed by atoms with van der Waals surface area (Å²) in [5.74, 6) is 0.260. The molecule has 0 fully saturated rings. The molecule has 3 aromatic rings. The molecule has 0 saturated carbocycles. The van der Waals surface area contributed by atoms with E-state index in [1.165, 1.54) is 0 Å². The van der Waals surface area contributed by atoms with Crippen LogP contribution in [0.1, 0.15) is 35.9 Å². The van der Waals surface area contributed by atoms with Gasteiger partial charge in [-0.2, -0.15) is 11.3 Å². The Labute approximate surface area is 173 Å². The summed E-state index contributed by atoms with van der Waals surface area (Å²) in [4.78, 5) is 13.4. The number of hydrogen-bond donors (Lipinski definition) is 2. The van der Waals surface area contributed by atoms with E-state index in [0.29, 0.717) is 6.42 Å². The average Bonchev–Trinajstić information content (AvgIpc) is 3.17. The number of thiophene rings is 1. The van der Waals surface area contributed by atoms with Gasteiger partial charge in [0.25, 0.3) is 0 Å². The molecule has 0 spiro atoms. The van der Waals surface area contributed by atoms with E-state index in [-0.39, 0.29) is 17.7 Å². The van der Waals surface area contributed by atoms with Gasteiger partial charge < -0.3 is 10.6 Å². The number of rotatable bonds is 2. The van der Waals surface area contributed by atoms with E-state index in [9.17, 15) is 4.79 Å². The van der Waals surface area contributed by atoms with Crippen LogP contribution in [0.4, 0.5) is 11.4 Å². The van der Waals surface area contributed by atoms with E-state index in [4.69, 9.17) is 11.6 Å². The third kappa shape index (κ3) is 3.03. The van der Waals surface area contributed by atoms with Gasteiger partial charge in [0.1, 0.15) is 0 Å². The van der Waals surface area contributed by atoms with Crippen molar-refractivity contribution in [1.29, 1.82) is 0 Å². The zero-order chi connectivity index (χ0) is 19.1.